The standard InChI is InChI=1S/C26H48O3Si2/c1-24(2,3)22(19-28-30(11,12)25(4,5)6)23(27-10)20-16-15-17-21(18-20)29-31(13,14)26(7,8)9/h15-18H,19H2,1-14H3/b23-22+. The molecule has 178 valence electrons. The molecule has 0 spiro atoms. The van der Waals surface area contributed by atoms with Crippen molar-refractivity contribution in [2.24, 2.45) is 5.41 Å². The van der Waals surface area contributed by atoms with Gasteiger partial charge in [-0.1, -0.05) is 74.4 Å². The summed E-state index contributed by atoms with van der Waals surface area (Å²) in [5.41, 5.74) is 2.15. The summed E-state index contributed by atoms with van der Waals surface area (Å²) in [4.78, 5) is 0. The van der Waals surface area contributed by atoms with E-state index in [0.717, 1.165) is 17.1 Å². The first-order chi connectivity index (χ1) is 13.7. The zero-order chi connectivity index (χ0) is 24.5. The average Bonchev–Trinajstić information content (AvgIpc) is 2.55. The fourth-order valence-corrected chi connectivity index (χ4v) is 4.62. The Balaban J connectivity index is 3.42. The van der Waals surface area contributed by atoms with E-state index in [1.165, 1.54) is 5.57 Å². The summed E-state index contributed by atoms with van der Waals surface area (Å²) in [5.74, 6) is 1.81. The highest BCUT2D eigenvalue weighted by molar-refractivity contribution is 6.75. The van der Waals surface area contributed by atoms with Gasteiger partial charge >= 0.3 is 0 Å². The van der Waals surface area contributed by atoms with Crippen LogP contribution in [0.4, 0.5) is 0 Å². The topological polar surface area (TPSA) is 27.7 Å². The second-order valence-electron chi connectivity index (χ2n) is 12.7. The Morgan fingerprint density at radius 3 is 1.74 bits per heavy atom. The van der Waals surface area contributed by atoms with Gasteiger partial charge in [0.25, 0.3) is 0 Å². The fourth-order valence-electron chi connectivity index (χ4n) is 2.66. The quantitative estimate of drug-likeness (QED) is 0.299. The number of benzene rings is 1. The van der Waals surface area contributed by atoms with Gasteiger partial charge in [-0.25, -0.2) is 0 Å². The Labute approximate surface area is 194 Å². The number of hydrogen-bond donors (Lipinski definition) is 0. The van der Waals surface area contributed by atoms with Gasteiger partial charge in [0.2, 0.25) is 8.32 Å². The number of rotatable bonds is 7. The highest BCUT2D eigenvalue weighted by Crippen LogP contribution is 2.41. The second-order valence-corrected chi connectivity index (χ2v) is 22.2. The van der Waals surface area contributed by atoms with Gasteiger partial charge in [0.15, 0.2) is 8.32 Å². The first-order valence-electron chi connectivity index (χ1n) is 11.4. The van der Waals surface area contributed by atoms with Gasteiger partial charge < -0.3 is 13.6 Å². The Hall–Kier alpha value is -1.05. The molecule has 0 fully saturated rings. The van der Waals surface area contributed by atoms with E-state index in [2.05, 4.69) is 113 Å². The molecule has 0 unspecified atom stereocenters. The second kappa shape index (κ2) is 9.44. The van der Waals surface area contributed by atoms with Crippen LogP contribution in [-0.4, -0.2) is 30.4 Å². The van der Waals surface area contributed by atoms with Crippen LogP contribution in [0.15, 0.2) is 29.8 Å². The van der Waals surface area contributed by atoms with Crippen LogP contribution in [0.3, 0.4) is 0 Å². The maximum atomic E-state index is 6.62. The van der Waals surface area contributed by atoms with Crippen molar-refractivity contribution in [2.45, 2.75) is 98.6 Å². The maximum Gasteiger partial charge on any atom is 0.250 e. The molecule has 0 amide bonds. The van der Waals surface area contributed by atoms with E-state index in [9.17, 15) is 0 Å². The molecule has 0 radical (unpaired) electrons. The Morgan fingerprint density at radius 2 is 1.32 bits per heavy atom. The molecule has 1 aromatic rings. The minimum Gasteiger partial charge on any atom is -0.543 e. The molecule has 0 aliphatic rings. The molecule has 0 bridgehead atoms. The van der Waals surface area contributed by atoms with Crippen LogP contribution in [0.2, 0.25) is 36.3 Å². The summed E-state index contributed by atoms with van der Waals surface area (Å²) >= 11 is 0. The molecule has 5 heteroatoms. The van der Waals surface area contributed by atoms with Crippen molar-refractivity contribution in [3.8, 4) is 5.75 Å². The summed E-state index contributed by atoms with van der Waals surface area (Å²) < 4.78 is 19.2. The molecule has 0 saturated carbocycles. The van der Waals surface area contributed by atoms with Crippen LogP contribution in [0.5, 0.6) is 5.75 Å². The third-order valence-corrected chi connectivity index (χ3v) is 15.9. The van der Waals surface area contributed by atoms with Crippen molar-refractivity contribution in [1.29, 1.82) is 0 Å². The molecule has 31 heavy (non-hydrogen) atoms. The van der Waals surface area contributed by atoms with Crippen molar-refractivity contribution in [3.63, 3.8) is 0 Å². The Kier molecular flexibility index (Phi) is 8.52. The molecular weight excluding hydrogens is 416 g/mol. The van der Waals surface area contributed by atoms with Gasteiger partial charge in [0, 0.05) is 11.1 Å². The molecule has 0 atom stereocenters. The third kappa shape index (κ3) is 7.23. The van der Waals surface area contributed by atoms with Crippen LogP contribution in [0, 0.1) is 5.41 Å². The maximum absolute atomic E-state index is 6.62. The summed E-state index contributed by atoms with van der Waals surface area (Å²) in [7, 11) is -2.03. The normalized spacial score (nSPS) is 14.9. The first-order valence-corrected chi connectivity index (χ1v) is 17.3. The number of methoxy groups -OCH3 is 1. The molecule has 0 aliphatic heterocycles. The van der Waals surface area contributed by atoms with Gasteiger partial charge in [0.05, 0.1) is 13.7 Å². The zero-order valence-electron chi connectivity index (χ0n) is 22.7. The van der Waals surface area contributed by atoms with Gasteiger partial charge in [-0.2, -0.15) is 0 Å². The molecule has 0 aliphatic carbocycles. The molecule has 0 saturated heterocycles. The predicted octanol–water partition coefficient (Wildman–Crippen LogP) is 8.50. The Morgan fingerprint density at radius 1 is 0.806 bits per heavy atom. The van der Waals surface area contributed by atoms with E-state index >= 15 is 0 Å². The molecule has 3 nitrogen and oxygen atoms in total. The SMILES string of the molecule is CO/C(=C(\CO[Si](C)(C)C(C)(C)C)C(C)(C)C)c1cccc(O[Si](C)(C)C(C)(C)C)c1. The lowest BCUT2D eigenvalue weighted by atomic mass is 9.84. The largest absolute Gasteiger partial charge is 0.543 e. The highest BCUT2D eigenvalue weighted by atomic mass is 28.4. The highest BCUT2D eigenvalue weighted by Gasteiger charge is 2.40. The molecule has 0 heterocycles. The van der Waals surface area contributed by atoms with E-state index in [-0.39, 0.29) is 15.5 Å². The lowest BCUT2D eigenvalue weighted by Crippen LogP contribution is -2.43. The number of ether oxygens (including phenoxy) is 1. The summed E-state index contributed by atoms with van der Waals surface area (Å²) in [6, 6.07) is 8.35. The van der Waals surface area contributed by atoms with E-state index in [0.29, 0.717) is 6.61 Å². The monoisotopic (exact) mass is 464 g/mol. The van der Waals surface area contributed by atoms with Crippen molar-refractivity contribution in [2.75, 3.05) is 13.7 Å². The van der Waals surface area contributed by atoms with E-state index in [1.807, 2.05) is 0 Å². The van der Waals surface area contributed by atoms with Crippen molar-refractivity contribution in [3.05, 3.63) is 35.4 Å². The minimum absolute atomic E-state index is 0.0794. The van der Waals surface area contributed by atoms with Gasteiger partial charge in [-0.3, -0.25) is 0 Å². The van der Waals surface area contributed by atoms with Gasteiger partial charge in [-0.15, -0.1) is 0 Å². The van der Waals surface area contributed by atoms with Gasteiger partial charge in [-0.05, 0) is 53.8 Å². The third-order valence-electron chi connectivity index (χ3n) is 7.04. The van der Waals surface area contributed by atoms with Gasteiger partial charge in [0.1, 0.15) is 11.5 Å². The number of hydrogen-bond acceptors (Lipinski definition) is 3. The van der Waals surface area contributed by atoms with E-state index in [4.69, 9.17) is 13.6 Å². The summed E-state index contributed by atoms with van der Waals surface area (Å²) in [6.45, 7) is 30.0. The lowest BCUT2D eigenvalue weighted by molar-refractivity contribution is 0.276. The van der Waals surface area contributed by atoms with Crippen LogP contribution in [0.25, 0.3) is 5.76 Å². The predicted molar refractivity (Wildman–Crippen MR) is 141 cm³/mol. The molecule has 1 aromatic carbocycles. The van der Waals surface area contributed by atoms with Crippen molar-refractivity contribution >= 4 is 22.4 Å². The van der Waals surface area contributed by atoms with Crippen LogP contribution >= 0.6 is 0 Å². The van der Waals surface area contributed by atoms with Crippen LogP contribution < -0.4 is 4.43 Å². The van der Waals surface area contributed by atoms with Crippen LogP contribution in [-0.2, 0) is 9.16 Å². The lowest BCUT2D eigenvalue weighted by Gasteiger charge is -2.38. The first kappa shape index (κ1) is 28.0. The molecule has 0 aromatic heterocycles. The molecule has 1 rings (SSSR count). The summed E-state index contributed by atoms with van der Waals surface area (Å²) in [5, 5.41) is 0.316. The Bertz CT molecular complexity index is 773. The molecule has 0 N–H and O–H groups in total. The van der Waals surface area contributed by atoms with Crippen molar-refractivity contribution in [1.82, 2.24) is 0 Å². The zero-order valence-corrected chi connectivity index (χ0v) is 24.7. The minimum atomic E-state index is -1.91. The van der Waals surface area contributed by atoms with Crippen LogP contribution in [0.1, 0.15) is 67.9 Å². The van der Waals surface area contributed by atoms with E-state index in [1.54, 1.807) is 7.11 Å². The fraction of sp³-hybridized carbons (Fsp3) is 0.692. The average molecular weight is 465 g/mol. The summed E-state index contributed by atoms with van der Waals surface area (Å²) in [6.07, 6.45) is 0. The smallest absolute Gasteiger partial charge is 0.250 e. The van der Waals surface area contributed by atoms with Crippen molar-refractivity contribution < 1.29 is 13.6 Å². The van der Waals surface area contributed by atoms with E-state index < -0.39 is 16.6 Å². The molecular formula is C26H48O3Si2.